The van der Waals surface area contributed by atoms with Crippen molar-refractivity contribution in [2.75, 3.05) is 31.6 Å². The Bertz CT molecular complexity index is 898. The van der Waals surface area contributed by atoms with E-state index in [1.807, 2.05) is 31.2 Å². The molecule has 0 aliphatic carbocycles. The molecule has 2 aromatic rings. The van der Waals surface area contributed by atoms with E-state index in [4.69, 9.17) is 9.47 Å². The van der Waals surface area contributed by atoms with Gasteiger partial charge in [0.1, 0.15) is 19.8 Å². The van der Waals surface area contributed by atoms with Crippen LogP contribution in [-0.2, 0) is 9.59 Å². The van der Waals surface area contributed by atoms with Crippen molar-refractivity contribution in [3.05, 3.63) is 58.6 Å². The van der Waals surface area contributed by atoms with Gasteiger partial charge >= 0.3 is 0 Å². The highest BCUT2D eigenvalue weighted by atomic mass is 79.9. The highest BCUT2D eigenvalue weighted by molar-refractivity contribution is 9.10. The van der Waals surface area contributed by atoms with Gasteiger partial charge in [-0.1, -0.05) is 34.1 Å². The molecule has 0 saturated carbocycles. The lowest BCUT2D eigenvalue weighted by molar-refractivity contribution is -0.130. The van der Waals surface area contributed by atoms with Crippen molar-refractivity contribution in [3.63, 3.8) is 0 Å². The Morgan fingerprint density at radius 2 is 1.89 bits per heavy atom. The molecular weight excluding hydrogens is 424 g/mol. The Balaban J connectivity index is 1.60. The number of nitrogens with zero attached hydrogens (tertiary/aromatic N) is 1. The first-order chi connectivity index (χ1) is 13.6. The lowest BCUT2D eigenvalue weighted by Gasteiger charge is -2.20. The summed E-state index contributed by atoms with van der Waals surface area (Å²) in [6.45, 7) is 3.21. The molecule has 0 fully saturated rings. The number of rotatable bonds is 6. The number of ether oxygens (including phenoxy) is 2. The first-order valence-electron chi connectivity index (χ1n) is 8.98. The summed E-state index contributed by atoms with van der Waals surface area (Å²) in [5.41, 5.74) is 1.49. The average Bonchev–Trinajstić information content (AvgIpc) is 2.71. The van der Waals surface area contributed by atoms with Gasteiger partial charge in [0.15, 0.2) is 11.5 Å². The summed E-state index contributed by atoms with van der Waals surface area (Å²) in [6.07, 6.45) is 3.20. The summed E-state index contributed by atoms with van der Waals surface area (Å²) >= 11 is 3.44. The number of benzene rings is 2. The SMILES string of the molecule is CCN(CC(=O)Nc1ccc2c(c1)OCCO2)C(=O)/C=C/c1ccccc1Br. The zero-order valence-corrected chi connectivity index (χ0v) is 17.1. The number of hydrogen-bond acceptors (Lipinski definition) is 4. The van der Waals surface area contributed by atoms with Crippen molar-refractivity contribution in [2.24, 2.45) is 0 Å². The van der Waals surface area contributed by atoms with Crippen molar-refractivity contribution in [1.82, 2.24) is 4.90 Å². The molecule has 28 heavy (non-hydrogen) atoms. The first-order valence-corrected chi connectivity index (χ1v) is 9.77. The van der Waals surface area contributed by atoms with Crippen molar-refractivity contribution in [2.45, 2.75) is 6.92 Å². The third-order valence-corrected chi connectivity index (χ3v) is 4.89. The zero-order chi connectivity index (χ0) is 19.9. The van der Waals surface area contributed by atoms with E-state index in [0.717, 1.165) is 10.0 Å². The highest BCUT2D eigenvalue weighted by Crippen LogP contribution is 2.32. The molecule has 0 atom stereocenters. The largest absolute Gasteiger partial charge is 0.486 e. The molecule has 6 nitrogen and oxygen atoms in total. The zero-order valence-electron chi connectivity index (χ0n) is 15.5. The molecule has 0 unspecified atom stereocenters. The Hall–Kier alpha value is -2.80. The fraction of sp³-hybridized carbons (Fsp3) is 0.238. The van der Waals surface area contributed by atoms with Gasteiger partial charge in [0, 0.05) is 28.8 Å². The summed E-state index contributed by atoms with van der Waals surface area (Å²) in [7, 11) is 0. The van der Waals surface area contributed by atoms with Gasteiger partial charge in [0.05, 0.1) is 0 Å². The molecule has 146 valence electrons. The molecule has 0 radical (unpaired) electrons. The number of anilines is 1. The normalized spacial score (nSPS) is 12.6. The van der Waals surface area contributed by atoms with Gasteiger partial charge in [-0.2, -0.15) is 0 Å². The van der Waals surface area contributed by atoms with Crippen LogP contribution < -0.4 is 14.8 Å². The lowest BCUT2D eigenvalue weighted by atomic mass is 10.2. The highest BCUT2D eigenvalue weighted by Gasteiger charge is 2.16. The fourth-order valence-electron chi connectivity index (χ4n) is 2.72. The van der Waals surface area contributed by atoms with Crippen LogP contribution in [0.5, 0.6) is 11.5 Å². The maximum atomic E-state index is 12.4. The Morgan fingerprint density at radius 3 is 2.64 bits per heavy atom. The Kier molecular flexibility index (Phi) is 6.71. The van der Waals surface area contributed by atoms with Crippen molar-refractivity contribution in [3.8, 4) is 11.5 Å². The molecular formula is C21H21BrN2O4. The van der Waals surface area contributed by atoms with E-state index in [0.29, 0.717) is 36.9 Å². The third kappa shape index (κ3) is 5.13. The molecule has 2 aromatic carbocycles. The number of fused-ring (bicyclic) bond motifs is 1. The summed E-state index contributed by atoms with van der Waals surface area (Å²) in [5, 5.41) is 2.79. The van der Waals surface area contributed by atoms with Crippen molar-refractivity contribution in [1.29, 1.82) is 0 Å². The van der Waals surface area contributed by atoms with Crippen LogP contribution in [0.25, 0.3) is 6.08 Å². The minimum Gasteiger partial charge on any atom is -0.486 e. The molecule has 0 saturated heterocycles. The fourth-order valence-corrected chi connectivity index (χ4v) is 3.13. The van der Waals surface area contributed by atoms with E-state index < -0.39 is 0 Å². The molecule has 0 spiro atoms. The standard InChI is InChI=1S/C21H21BrN2O4/c1-2-24(21(26)10-7-15-5-3-4-6-17(15)22)14-20(25)23-16-8-9-18-19(13-16)28-12-11-27-18/h3-10,13H,2,11-12,14H2,1H3,(H,23,25)/b10-7+. The minimum absolute atomic E-state index is 0.0376. The monoisotopic (exact) mass is 444 g/mol. The third-order valence-electron chi connectivity index (χ3n) is 4.16. The molecule has 0 bridgehead atoms. The quantitative estimate of drug-likeness (QED) is 0.689. The maximum absolute atomic E-state index is 12.4. The molecule has 0 aromatic heterocycles. The van der Waals surface area contributed by atoms with Crippen LogP contribution in [-0.4, -0.2) is 43.0 Å². The second-order valence-electron chi connectivity index (χ2n) is 6.11. The lowest BCUT2D eigenvalue weighted by Crippen LogP contribution is -2.36. The number of likely N-dealkylation sites (N-methyl/N-ethyl adjacent to an activating group) is 1. The van der Waals surface area contributed by atoms with E-state index in [2.05, 4.69) is 21.2 Å². The van der Waals surface area contributed by atoms with Gasteiger partial charge in [0.25, 0.3) is 0 Å². The van der Waals surface area contributed by atoms with E-state index in [1.165, 1.54) is 11.0 Å². The summed E-state index contributed by atoms with van der Waals surface area (Å²) < 4.78 is 11.9. The van der Waals surface area contributed by atoms with Gasteiger partial charge in [-0.25, -0.2) is 0 Å². The first kappa shape index (κ1) is 19.9. The van der Waals surface area contributed by atoms with Crippen LogP contribution in [0.4, 0.5) is 5.69 Å². The minimum atomic E-state index is -0.277. The van der Waals surface area contributed by atoms with Gasteiger partial charge in [0.2, 0.25) is 11.8 Å². The summed E-state index contributed by atoms with van der Waals surface area (Å²) in [4.78, 5) is 26.3. The van der Waals surface area contributed by atoms with Gasteiger partial charge in [-0.15, -0.1) is 0 Å². The van der Waals surface area contributed by atoms with E-state index in [9.17, 15) is 9.59 Å². The number of halogens is 1. The van der Waals surface area contributed by atoms with Crippen LogP contribution in [0.15, 0.2) is 53.0 Å². The molecule has 7 heteroatoms. The maximum Gasteiger partial charge on any atom is 0.247 e. The molecule has 1 aliphatic heterocycles. The van der Waals surface area contributed by atoms with E-state index in [1.54, 1.807) is 24.3 Å². The van der Waals surface area contributed by atoms with Crippen LogP contribution in [0.1, 0.15) is 12.5 Å². The molecule has 1 aliphatic rings. The predicted octanol–water partition coefficient (Wildman–Crippen LogP) is 3.72. The molecule has 3 rings (SSSR count). The van der Waals surface area contributed by atoms with Crippen molar-refractivity contribution >= 4 is 39.5 Å². The number of nitrogens with one attached hydrogen (secondary N) is 1. The number of hydrogen-bond donors (Lipinski definition) is 1. The van der Waals surface area contributed by atoms with E-state index >= 15 is 0 Å². The Morgan fingerprint density at radius 1 is 1.14 bits per heavy atom. The topological polar surface area (TPSA) is 67.9 Å². The van der Waals surface area contributed by atoms with Gasteiger partial charge < -0.3 is 19.7 Å². The molecule has 1 N–H and O–H groups in total. The summed E-state index contributed by atoms with van der Waals surface area (Å²) in [6, 6.07) is 12.8. The van der Waals surface area contributed by atoms with Crippen LogP contribution >= 0.6 is 15.9 Å². The smallest absolute Gasteiger partial charge is 0.247 e. The molecule has 1 heterocycles. The number of amides is 2. The second kappa shape index (κ2) is 9.41. The van der Waals surface area contributed by atoms with Gasteiger partial charge in [-0.3, -0.25) is 9.59 Å². The van der Waals surface area contributed by atoms with Crippen LogP contribution in [0.3, 0.4) is 0 Å². The van der Waals surface area contributed by atoms with Crippen LogP contribution in [0.2, 0.25) is 0 Å². The van der Waals surface area contributed by atoms with E-state index in [-0.39, 0.29) is 18.4 Å². The van der Waals surface area contributed by atoms with Gasteiger partial charge in [-0.05, 0) is 36.8 Å². The van der Waals surface area contributed by atoms with Crippen molar-refractivity contribution < 1.29 is 19.1 Å². The summed E-state index contributed by atoms with van der Waals surface area (Å²) in [5.74, 6) is 0.757. The second-order valence-corrected chi connectivity index (χ2v) is 6.97. The number of carbonyl (C=O) groups excluding carboxylic acids is 2. The van der Waals surface area contributed by atoms with Crippen LogP contribution in [0, 0.1) is 0 Å². The predicted molar refractivity (Wildman–Crippen MR) is 111 cm³/mol. The number of carbonyl (C=O) groups is 2. The average molecular weight is 445 g/mol. The Labute approximate surface area is 172 Å². The molecule has 2 amide bonds.